The number of hydrogen-bond donors (Lipinski definition) is 2. The van der Waals surface area contributed by atoms with Crippen LogP contribution >= 0.6 is 10.0 Å². The number of aryl methyl sites for hydroxylation is 2. The van der Waals surface area contributed by atoms with E-state index in [1.54, 1.807) is 29.9 Å². The highest BCUT2D eigenvalue weighted by molar-refractivity contribution is 8.32. The zero-order chi connectivity index (χ0) is 30.6. The van der Waals surface area contributed by atoms with Crippen molar-refractivity contribution in [2.45, 2.75) is 59.2 Å². The van der Waals surface area contributed by atoms with Gasteiger partial charge in [0.2, 0.25) is 11.9 Å². The average Bonchev–Trinajstić information content (AvgIpc) is 3.47. The predicted molar refractivity (Wildman–Crippen MR) is 165 cm³/mol. The molecule has 0 spiro atoms. The number of halogens is 1. The molecule has 0 aromatic carbocycles. The minimum atomic E-state index is -0.785. The minimum Gasteiger partial charge on any atom is -0.358 e. The molecule has 10 nitrogen and oxygen atoms in total. The molecule has 2 N–H and O–H groups in total. The molecule has 0 unspecified atom stereocenters. The van der Waals surface area contributed by atoms with E-state index in [1.165, 1.54) is 10.9 Å². The number of aromatic nitrogens is 5. The highest BCUT2D eigenvalue weighted by atomic mass is 32.3. The predicted octanol–water partition coefficient (Wildman–Crippen LogP) is 4.67. The normalized spacial score (nSPS) is 18.5. The Morgan fingerprint density at radius 2 is 1.86 bits per heavy atom. The first-order valence-corrected chi connectivity index (χ1v) is 17.4. The van der Waals surface area contributed by atoms with Crippen LogP contribution in [0.5, 0.6) is 0 Å². The summed E-state index contributed by atoms with van der Waals surface area (Å²) in [5.41, 5.74) is 2.76. The topological polar surface area (TPSA) is 116 Å². The lowest BCUT2D eigenvalue weighted by atomic mass is 9.79. The summed E-state index contributed by atoms with van der Waals surface area (Å²) >= 11 is 0. The highest BCUT2D eigenvalue weighted by Crippen LogP contribution is 2.34. The van der Waals surface area contributed by atoms with Crippen molar-refractivity contribution < 1.29 is 18.7 Å². The molecule has 1 aliphatic rings. The van der Waals surface area contributed by atoms with Gasteiger partial charge in [0.15, 0.2) is 0 Å². The van der Waals surface area contributed by atoms with Gasteiger partial charge >= 0.3 is 0 Å². The summed E-state index contributed by atoms with van der Waals surface area (Å²) in [7, 11) is 1.02. The Balaban J connectivity index is 1.49. The number of pyridine rings is 1. The number of nitrogens with one attached hydrogen (secondary N) is 2. The van der Waals surface area contributed by atoms with Gasteiger partial charge in [-0.2, -0.15) is 14.6 Å². The number of ether oxygens (including phenoxy) is 1. The first-order chi connectivity index (χ1) is 19.8. The molecule has 1 saturated carbocycles. The molecule has 1 aliphatic carbocycles. The first kappa shape index (κ1) is 31.7. The number of anilines is 1. The molecule has 1 fully saturated rings. The number of amides is 2. The summed E-state index contributed by atoms with van der Waals surface area (Å²) in [6, 6.07) is 4.01. The summed E-state index contributed by atoms with van der Waals surface area (Å²) in [4.78, 5) is 30.6. The van der Waals surface area contributed by atoms with Crippen molar-refractivity contribution in [3.05, 3.63) is 47.4 Å². The molecule has 0 aliphatic heterocycles. The third-order valence-electron chi connectivity index (χ3n) is 7.96. The quantitative estimate of drug-likeness (QED) is 0.244. The molecular formula is C30H44FN7O3S. The largest absolute Gasteiger partial charge is 0.358 e. The van der Waals surface area contributed by atoms with Crippen LogP contribution in [0.15, 0.2) is 24.4 Å². The Bertz CT molecular complexity index is 1410. The van der Waals surface area contributed by atoms with Crippen molar-refractivity contribution in [1.29, 1.82) is 0 Å². The van der Waals surface area contributed by atoms with Crippen LogP contribution in [-0.2, 0) is 23.3 Å². The fraction of sp³-hybridized carbons (Fsp3) is 0.567. The van der Waals surface area contributed by atoms with E-state index >= 15 is 4.39 Å². The zero-order valence-electron chi connectivity index (χ0n) is 25.7. The maximum absolute atomic E-state index is 15.4. The fourth-order valence-electron chi connectivity index (χ4n) is 5.40. The molecule has 2 amide bonds. The van der Waals surface area contributed by atoms with E-state index < -0.39 is 27.9 Å². The van der Waals surface area contributed by atoms with Crippen molar-refractivity contribution in [3.63, 3.8) is 0 Å². The summed E-state index contributed by atoms with van der Waals surface area (Å²) in [5, 5.41) is 14.3. The molecule has 4 rings (SSSR count). The average molecular weight is 602 g/mol. The Morgan fingerprint density at radius 3 is 2.48 bits per heavy atom. The molecule has 0 saturated heterocycles. The van der Waals surface area contributed by atoms with Crippen molar-refractivity contribution in [1.82, 2.24) is 29.9 Å². The summed E-state index contributed by atoms with van der Waals surface area (Å²) in [5.74, 6) is 0.116. The van der Waals surface area contributed by atoms with Gasteiger partial charge in [0.25, 0.3) is 5.91 Å². The van der Waals surface area contributed by atoms with E-state index in [9.17, 15) is 9.59 Å². The lowest BCUT2D eigenvalue weighted by molar-refractivity contribution is -0.119. The summed E-state index contributed by atoms with van der Waals surface area (Å²) < 4.78 is 24.5. The van der Waals surface area contributed by atoms with Gasteiger partial charge in [-0.05, 0) is 75.5 Å². The van der Waals surface area contributed by atoms with Gasteiger partial charge in [-0.1, -0.05) is 19.8 Å². The van der Waals surface area contributed by atoms with Crippen LogP contribution in [0.1, 0.15) is 54.5 Å². The van der Waals surface area contributed by atoms with Crippen LogP contribution in [-0.4, -0.2) is 73.5 Å². The second-order valence-electron chi connectivity index (χ2n) is 12.2. The van der Waals surface area contributed by atoms with Crippen LogP contribution < -0.4 is 10.6 Å². The van der Waals surface area contributed by atoms with E-state index in [1.807, 2.05) is 13.8 Å². The molecule has 12 heteroatoms. The third-order valence-corrected chi connectivity index (χ3v) is 9.35. The smallest absolute Gasteiger partial charge is 0.270 e. The zero-order valence-corrected chi connectivity index (χ0v) is 26.6. The number of rotatable bonds is 11. The molecule has 3 heterocycles. The number of carbonyl (C=O) groups is 2. The van der Waals surface area contributed by atoms with E-state index in [0.717, 1.165) is 37.1 Å². The Labute approximate surface area is 249 Å². The molecule has 0 radical (unpaired) electrons. The molecule has 0 bridgehead atoms. The van der Waals surface area contributed by atoms with Gasteiger partial charge in [0, 0.05) is 35.8 Å². The maximum atomic E-state index is 15.4. The summed E-state index contributed by atoms with van der Waals surface area (Å²) in [6.07, 6.45) is 11.9. The molecule has 42 heavy (non-hydrogen) atoms. The Kier molecular flexibility index (Phi) is 10.1. The molecule has 1 atom stereocenters. The fourth-order valence-corrected chi connectivity index (χ4v) is 6.01. The van der Waals surface area contributed by atoms with Gasteiger partial charge in [-0.3, -0.25) is 14.3 Å². The highest BCUT2D eigenvalue weighted by Gasteiger charge is 2.33. The van der Waals surface area contributed by atoms with Gasteiger partial charge < -0.3 is 15.4 Å². The molecular weight excluding hydrogens is 557 g/mol. The van der Waals surface area contributed by atoms with Crippen molar-refractivity contribution in [3.8, 4) is 11.1 Å². The Hall–Kier alpha value is -3.25. The first-order valence-electron chi connectivity index (χ1n) is 14.4. The van der Waals surface area contributed by atoms with Gasteiger partial charge in [0.05, 0.1) is 12.3 Å². The second-order valence-corrected chi connectivity index (χ2v) is 16.8. The number of nitrogens with zero attached hydrogens (tertiary/aromatic N) is 5. The van der Waals surface area contributed by atoms with Crippen LogP contribution in [0.2, 0.25) is 0 Å². The third kappa shape index (κ3) is 7.77. The lowest BCUT2D eigenvalue weighted by Gasteiger charge is -2.32. The minimum absolute atomic E-state index is 0.0364. The van der Waals surface area contributed by atoms with Crippen LogP contribution in [0, 0.1) is 31.6 Å². The van der Waals surface area contributed by atoms with E-state index in [0.29, 0.717) is 35.0 Å². The van der Waals surface area contributed by atoms with E-state index in [-0.39, 0.29) is 24.4 Å². The second kappa shape index (κ2) is 13.4. The van der Waals surface area contributed by atoms with Crippen molar-refractivity contribution in [2.24, 2.45) is 18.9 Å². The molecule has 3 aromatic heterocycles. The number of carbonyl (C=O) groups excluding carboxylic acids is 2. The Morgan fingerprint density at radius 1 is 1.14 bits per heavy atom. The SMILES string of the molecule is Cc1nn(COCCS(C)(C)C)c(C)c1-c1ccc(NC(=O)[C@@H](NC(=O)c2ccnn2C)[C@H]2CC[C@H](C)CC2)nc1F. The molecule has 230 valence electrons. The van der Waals surface area contributed by atoms with Crippen LogP contribution in [0.4, 0.5) is 10.2 Å². The standard InChI is InChI=1S/C30H44FN7O3S/c1-19-8-10-22(11-9-19)27(35-29(39)24-14-15-32-37(24)4)30(40)34-25-13-12-23(28(31)33-25)26-20(2)36-38(21(26)3)18-41-16-17-42(5,6)7/h12-15,19,22,27H,8-11,16-18H2,1-7H3,(H,35,39)(H,33,34,40)/t19-,22-,27-/m0/s1. The van der Waals surface area contributed by atoms with Gasteiger partial charge in [-0.15, -0.1) is 0 Å². The van der Waals surface area contributed by atoms with Crippen LogP contribution in [0.25, 0.3) is 11.1 Å². The monoisotopic (exact) mass is 601 g/mol. The maximum Gasteiger partial charge on any atom is 0.270 e. The lowest BCUT2D eigenvalue weighted by Crippen LogP contribution is -2.49. The number of hydrogen-bond acceptors (Lipinski definition) is 6. The van der Waals surface area contributed by atoms with Crippen molar-refractivity contribution >= 4 is 27.7 Å². The van der Waals surface area contributed by atoms with Gasteiger partial charge in [0.1, 0.15) is 24.3 Å². The van der Waals surface area contributed by atoms with Gasteiger partial charge in [-0.25, -0.2) is 19.7 Å². The van der Waals surface area contributed by atoms with E-state index in [4.69, 9.17) is 4.74 Å². The summed E-state index contributed by atoms with van der Waals surface area (Å²) in [6.45, 7) is 6.83. The molecule has 3 aromatic rings. The van der Waals surface area contributed by atoms with E-state index in [2.05, 4.69) is 51.5 Å². The van der Waals surface area contributed by atoms with Crippen molar-refractivity contribution in [2.75, 3.05) is 36.4 Å². The van der Waals surface area contributed by atoms with Crippen LogP contribution in [0.3, 0.4) is 0 Å².